The van der Waals surface area contributed by atoms with Gasteiger partial charge in [0.2, 0.25) is 0 Å². The molecule has 4 nitrogen and oxygen atoms in total. The summed E-state index contributed by atoms with van der Waals surface area (Å²) in [5, 5.41) is 1.64. The monoisotopic (exact) mass is 1080 g/mol. The van der Waals surface area contributed by atoms with E-state index in [1.54, 1.807) is 24.3 Å². The molecule has 0 unspecified atom stereocenters. The molecule has 0 aliphatic carbocycles. The maximum atomic E-state index is 9.66. The van der Waals surface area contributed by atoms with E-state index in [0.717, 1.165) is 67.2 Å². The van der Waals surface area contributed by atoms with Gasteiger partial charge in [0.1, 0.15) is 0 Å². The summed E-state index contributed by atoms with van der Waals surface area (Å²) >= 11 is 0. The van der Waals surface area contributed by atoms with Crippen molar-refractivity contribution < 1.29 is 16.4 Å². The summed E-state index contributed by atoms with van der Waals surface area (Å²) in [4.78, 5) is 4.71. The number of aromatic nitrogens is 2. The zero-order valence-electron chi connectivity index (χ0n) is 62.3. The molecule has 5 heteroatoms. The van der Waals surface area contributed by atoms with Crippen LogP contribution in [0.1, 0.15) is 148 Å². The zero-order chi connectivity index (χ0) is 68.1. The van der Waals surface area contributed by atoms with Crippen LogP contribution in [0.2, 0.25) is 0 Å². The predicted octanol–water partition coefficient (Wildman–Crippen LogP) is 19.3. The summed E-state index contributed by atoms with van der Waals surface area (Å²) in [6.07, 6.45) is -2.90. The fraction of sp³-hybridized carbons (Fsp3) is 0.299. The van der Waals surface area contributed by atoms with Crippen LogP contribution >= 0.6 is 0 Å². The Balaban J connectivity index is 1.15. The highest BCUT2D eigenvalue weighted by molar-refractivity contribution is 7.00. The van der Waals surface area contributed by atoms with Crippen LogP contribution in [0.5, 0.6) is 0 Å². The largest absolute Gasteiger partial charge is 0.311 e. The molecule has 0 radical (unpaired) electrons. The van der Waals surface area contributed by atoms with Gasteiger partial charge in [-0.05, 0) is 187 Å². The van der Waals surface area contributed by atoms with Crippen LogP contribution in [0.25, 0.3) is 55.0 Å². The van der Waals surface area contributed by atoms with Crippen LogP contribution < -0.4 is 26.2 Å². The first-order chi connectivity index (χ1) is 43.6. The van der Waals surface area contributed by atoms with Gasteiger partial charge in [0, 0.05) is 72.5 Å². The molecule has 82 heavy (non-hydrogen) atoms. The van der Waals surface area contributed by atoms with Gasteiger partial charge >= 0.3 is 0 Å². The minimum atomic E-state index is -1.80. The Morgan fingerprint density at radius 1 is 0.366 bits per heavy atom. The number of hydrogen-bond donors (Lipinski definition) is 0. The Labute approximate surface area is 505 Å². The molecular formula is C77H81BN4. The maximum Gasteiger partial charge on any atom is 0.252 e. The van der Waals surface area contributed by atoms with E-state index in [0.29, 0.717) is 61.5 Å². The van der Waals surface area contributed by atoms with E-state index >= 15 is 0 Å². The van der Waals surface area contributed by atoms with Crippen molar-refractivity contribution >= 4 is 101 Å². The molecule has 4 heterocycles. The first-order valence-corrected chi connectivity index (χ1v) is 29.0. The van der Waals surface area contributed by atoms with Crippen LogP contribution in [-0.2, 0) is 30.0 Å². The third-order valence-corrected chi connectivity index (χ3v) is 16.2. The Bertz CT molecular complexity index is 4710. The summed E-state index contributed by atoms with van der Waals surface area (Å²) in [6, 6.07) is 43.4. The average Bonchev–Trinajstić information content (AvgIpc) is 0.704. The highest BCUT2D eigenvalue weighted by atomic mass is 15.2. The lowest BCUT2D eigenvalue weighted by Crippen LogP contribution is -2.61. The molecule has 2 aliphatic heterocycles. The van der Waals surface area contributed by atoms with Crippen molar-refractivity contribution in [2.24, 2.45) is 16.2 Å². The predicted molar refractivity (Wildman–Crippen MR) is 356 cm³/mol. The third kappa shape index (κ3) is 9.43. The summed E-state index contributed by atoms with van der Waals surface area (Å²) in [5.74, 6) is 0. The van der Waals surface area contributed by atoms with Crippen molar-refractivity contribution in [1.82, 2.24) is 9.13 Å². The number of para-hydroxylation sites is 2. The molecule has 2 aliphatic rings. The lowest BCUT2D eigenvalue weighted by Gasteiger charge is -2.45. The van der Waals surface area contributed by atoms with Crippen LogP contribution in [-0.4, -0.2) is 15.8 Å². The molecule has 9 aromatic carbocycles. The van der Waals surface area contributed by atoms with E-state index in [2.05, 4.69) is 157 Å². The van der Waals surface area contributed by atoms with Crippen LogP contribution in [0.4, 0.5) is 34.1 Å². The zero-order valence-corrected chi connectivity index (χ0v) is 50.3. The summed E-state index contributed by atoms with van der Waals surface area (Å²) < 4.78 is 116. The summed E-state index contributed by atoms with van der Waals surface area (Å²) in [6.45, 7) is 30.7. The molecule has 0 fully saturated rings. The lowest BCUT2D eigenvalue weighted by molar-refractivity contribution is 0.411. The molecule has 0 spiro atoms. The van der Waals surface area contributed by atoms with E-state index in [4.69, 9.17) is 5.48 Å². The number of hydrogen-bond acceptors (Lipinski definition) is 2. The van der Waals surface area contributed by atoms with Crippen LogP contribution in [0.15, 0.2) is 182 Å². The quantitative estimate of drug-likeness (QED) is 0.148. The minimum absolute atomic E-state index is 0.152. The van der Waals surface area contributed by atoms with Gasteiger partial charge < -0.3 is 18.9 Å². The van der Waals surface area contributed by atoms with Crippen LogP contribution in [0.3, 0.4) is 0 Å². The second kappa shape index (κ2) is 18.9. The highest BCUT2D eigenvalue weighted by Crippen LogP contribution is 2.48. The second-order valence-electron chi connectivity index (χ2n) is 28.3. The van der Waals surface area contributed by atoms with E-state index in [-0.39, 0.29) is 75.6 Å². The SMILES string of the molecule is [2H]c1c([2H])c([2H])c2c(c1[2H])c1cc(C([2H])([2H])C(C)(C)C)ccc1n2-c1ccc2c(c1)N(c1ccc(C(C)(C)C)cc1)c1cc(CC(C)(C)C)cc3c1B2c1ccc(-n2c4ccc(C([2H])([2H])C(C)(C)C)cc4c4c([2H])c([2H])c([2H])c([2H])c42)cc1N3c1ccc(C(C)(C)C)cc1. The summed E-state index contributed by atoms with van der Waals surface area (Å²) in [5.41, 5.74) is 13.6. The maximum absolute atomic E-state index is 9.66. The first kappa shape index (κ1) is 41.3. The van der Waals surface area contributed by atoms with E-state index in [9.17, 15) is 11.0 Å². The van der Waals surface area contributed by atoms with E-state index in [1.165, 1.54) is 0 Å². The second-order valence-corrected chi connectivity index (χ2v) is 28.3. The van der Waals surface area contributed by atoms with Gasteiger partial charge in [-0.2, -0.15) is 0 Å². The molecule has 0 amide bonds. The van der Waals surface area contributed by atoms with Crippen molar-refractivity contribution in [3.63, 3.8) is 0 Å². The Morgan fingerprint density at radius 2 is 0.756 bits per heavy atom. The fourth-order valence-corrected chi connectivity index (χ4v) is 12.8. The minimum Gasteiger partial charge on any atom is -0.311 e. The summed E-state index contributed by atoms with van der Waals surface area (Å²) in [7, 11) is 0. The van der Waals surface area contributed by atoms with Crippen molar-refractivity contribution in [2.75, 3.05) is 9.80 Å². The standard InChI is InChI=1S/C77H81BN4/c1-73(2,3)46-49-24-38-66-60(40-49)58-20-16-18-22-64(58)81(66)56-34-36-62-68(44-56)79(54-30-26-52(27-31-54)76(10,11)12)70-42-51(48-75(7,8)9)43-71-72(70)78(62)63-37-35-57(45-69(63)80(71)55-32-28-53(29-33-55)77(13,14)15)82-65-23-19-17-21-59(65)61-41-50(25-39-67(61)82)47-74(4,5)6/h16-45H,46-48H2,1-15H3/i16D,17D,18D,19D,20D,21D,22D,23D,46D2,47D2. The number of benzene rings is 9. The molecule has 0 bridgehead atoms. The van der Waals surface area contributed by atoms with E-state index in [1.807, 2.05) is 74.9 Å². The molecule has 2 aromatic heterocycles. The molecule has 13 rings (SSSR count). The van der Waals surface area contributed by atoms with Crippen LogP contribution in [0, 0.1) is 16.2 Å². The fourth-order valence-electron chi connectivity index (χ4n) is 12.8. The number of nitrogens with zero attached hydrogens (tertiary/aromatic N) is 4. The van der Waals surface area contributed by atoms with Gasteiger partial charge in [-0.3, -0.25) is 0 Å². The van der Waals surface area contributed by atoms with Gasteiger partial charge in [0.05, 0.1) is 33.0 Å². The van der Waals surface area contributed by atoms with Crippen molar-refractivity contribution in [3.8, 4) is 11.4 Å². The smallest absolute Gasteiger partial charge is 0.252 e. The molecular weight excluding hydrogens is 992 g/mol. The average molecular weight is 1090 g/mol. The Morgan fingerprint density at radius 3 is 1.13 bits per heavy atom. The Hall–Kier alpha value is -7.76. The Kier molecular flexibility index (Phi) is 9.51. The first-order valence-electron chi connectivity index (χ1n) is 35.0. The topological polar surface area (TPSA) is 16.3 Å². The third-order valence-electron chi connectivity index (χ3n) is 16.2. The molecule has 412 valence electrons. The number of anilines is 6. The van der Waals surface area contributed by atoms with Crippen molar-refractivity contribution in [3.05, 3.63) is 210 Å². The molecule has 0 saturated heterocycles. The number of fused-ring (bicyclic) bond motifs is 10. The molecule has 11 aromatic rings. The van der Waals surface area contributed by atoms with E-state index < -0.39 is 30.3 Å². The normalized spacial score (nSPS) is 16.3. The van der Waals surface area contributed by atoms with Gasteiger partial charge in [-0.1, -0.05) is 189 Å². The van der Waals surface area contributed by atoms with Gasteiger partial charge in [-0.15, -0.1) is 0 Å². The lowest BCUT2D eigenvalue weighted by atomic mass is 9.33. The highest BCUT2D eigenvalue weighted by Gasteiger charge is 2.44. The van der Waals surface area contributed by atoms with Crippen molar-refractivity contribution in [1.29, 1.82) is 0 Å². The van der Waals surface area contributed by atoms with Crippen molar-refractivity contribution in [2.45, 2.75) is 134 Å². The molecule has 0 atom stereocenters. The number of rotatable bonds is 7. The van der Waals surface area contributed by atoms with Gasteiger partial charge in [-0.25, -0.2) is 0 Å². The van der Waals surface area contributed by atoms with Gasteiger partial charge in [0.15, 0.2) is 0 Å². The molecule has 0 N–H and O–H groups in total. The molecule has 0 saturated carbocycles. The van der Waals surface area contributed by atoms with Gasteiger partial charge in [0.25, 0.3) is 6.71 Å².